The largest absolute Gasteiger partial charge is 0.458 e. The Balaban J connectivity index is 1.37. The highest BCUT2D eigenvalue weighted by Gasteiger charge is 2.75. The van der Waals surface area contributed by atoms with E-state index in [0.717, 1.165) is 57.8 Å². The molecule has 1 heterocycles. The van der Waals surface area contributed by atoms with Crippen LogP contribution in [0.2, 0.25) is 0 Å². The lowest BCUT2D eigenvalue weighted by molar-refractivity contribution is -0.407. The van der Waals surface area contributed by atoms with E-state index >= 15 is 4.79 Å². The van der Waals surface area contributed by atoms with E-state index in [1.54, 1.807) is 6.92 Å². The predicted molar refractivity (Wildman–Crippen MR) is 245 cm³/mol. The highest BCUT2D eigenvalue weighted by molar-refractivity contribution is 5.85. The van der Waals surface area contributed by atoms with Crippen molar-refractivity contribution in [3.05, 3.63) is 11.1 Å². The molecular weight excluding hydrogens is 877 g/mol. The van der Waals surface area contributed by atoms with E-state index in [-0.39, 0.29) is 68.2 Å². The summed E-state index contributed by atoms with van der Waals surface area (Å²) in [5.41, 5.74) is -1.10. The Hall–Kier alpha value is -3.73. The zero-order valence-electron chi connectivity index (χ0n) is 41.4. The zero-order valence-corrected chi connectivity index (χ0v) is 41.4. The Kier molecular flexibility index (Phi) is 16.0. The molecule has 6 aliphatic carbocycles. The summed E-state index contributed by atoms with van der Waals surface area (Å²) in [6, 6.07) is -2.13. The highest BCUT2D eigenvalue weighted by atomic mass is 16.6. The molecule has 1 saturated heterocycles. The van der Waals surface area contributed by atoms with Gasteiger partial charge in [-0.25, -0.2) is 9.59 Å². The lowest BCUT2D eigenvalue weighted by Gasteiger charge is -2.69. The Morgan fingerprint density at radius 1 is 0.824 bits per heavy atom. The standard InChI is InChI=1S/C52H78N2O14/c1-29-38(66-48(62)44(67-47(61)36(53)22-23-55)43(33-18-12-8-13-19-33)54-46(60)34-20-14-9-15-21-34)27-52(63)35(24-37(58)32-16-10-7-11-17-32)45-50(6,26-39(65-30(2)56)42(29)49(52,4)5)40(59)25-41-51(45,28-64-41)68-31(3)57/h23,32-36,38-41,43-45,59,63H,7-22,24-28,53H2,1-6H3,(H,54,60)/p+1/t35-,36?,38?,39?,40?,41?,43?,44?,45?,50+,51-,52?/m0/s1. The number of rotatable bonds is 15. The first kappa shape index (κ1) is 52.1. The molecule has 9 unspecified atom stereocenters. The molecule has 6 N–H and O–H groups in total. The maximum Gasteiger partial charge on any atom is 0.366 e. The van der Waals surface area contributed by atoms with Crippen LogP contribution in [0.15, 0.2) is 11.1 Å². The first-order valence-corrected chi connectivity index (χ1v) is 25.8. The number of hydrogen-bond acceptors (Lipinski definition) is 14. The molecule has 0 aromatic rings. The van der Waals surface area contributed by atoms with Crippen LogP contribution >= 0.6 is 0 Å². The zero-order chi connectivity index (χ0) is 49.3. The molecular formula is C52H79N2O14+. The van der Waals surface area contributed by atoms with Crippen molar-refractivity contribution in [2.75, 3.05) is 6.61 Å². The van der Waals surface area contributed by atoms with E-state index in [9.17, 15) is 39.0 Å². The number of ether oxygens (including phenoxy) is 5. The summed E-state index contributed by atoms with van der Waals surface area (Å²) in [7, 11) is 0. The highest BCUT2D eigenvalue weighted by Crippen LogP contribution is 2.67. The minimum atomic E-state index is -1.97. The lowest BCUT2D eigenvalue weighted by atomic mass is 9.42. The molecule has 16 nitrogen and oxygen atoms in total. The number of ketones is 1. The Labute approximate surface area is 401 Å². The van der Waals surface area contributed by atoms with E-state index in [0.29, 0.717) is 56.0 Å². The monoisotopic (exact) mass is 956 g/mol. The number of Topliss-reactive ketones (excluding diaryl/α,β-unsaturated/α-hetero) is 1. The second kappa shape index (κ2) is 20.9. The van der Waals surface area contributed by atoms with E-state index in [2.05, 4.69) is 11.1 Å². The van der Waals surface area contributed by atoms with Crippen LogP contribution < -0.4 is 11.1 Å². The number of carbonyl (C=O) groups excluding carboxylic acids is 7. The first-order chi connectivity index (χ1) is 32.2. The molecule has 1 amide bonds. The van der Waals surface area contributed by atoms with Gasteiger partial charge in [-0.05, 0) is 68.9 Å². The van der Waals surface area contributed by atoms with Crippen molar-refractivity contribution >= 4 is 41.9 Å². The van der Waals surface area contributed by atoms with Gasteiger partial charge in [0, 0.05) is 67.6 Å². The minimum Gasteiger partial charge on any atom is -0.458 e. The van der Waals surface area contributed by atoms with Crippen molar-refractivity contribution in [2.24, 2.45) is 40.4 Å². The number of amides is 1. The van der Waals surface area contributed by atoms with Crippen LogP contribution in [0.1, 0.15) is 170 Å². The van der Waals surface area contributed by atoms with E-state index in [1.165, 1.54) is 13.8 Å². The number of aliphatic hydroxyl groups excluding tert-OH is 1. The van der Waals surface area contributed by atoms with Crippen LogP contribution in [0.3, 0.4) is 0 Å². The third-order valence-electron chi connectivity index (χ3n) is 18.0. The van der Waals surface area contributed by atoms with Crippen molar-refractivity contribution in [3.63, 3.8) is 0 Å². The number of esters is 4. The smallest absolute Gasteiger partial charge is 0.366 e. The van der Waals surface area contributed by atoms with Crippen LogP contribution in [0, 0.1) is 40.4 Å². The third-order valence-corrected chi connectivity index (χ3v) is 18.0. The molecule has 1 aliphatic heterocycles. The second-order valence-corrected chi connectivity index (χ2v) is 22.5. The van der Waals surface area contributed by atoms with Crippen LogP contribution in [0.4, 0.5) is 0 Å². The predicted octanol–water partition coefficient (Wildman–Crippen LogP) is 4.71. The van der Waals surface area contributed by atoms with Gasteiger partial charge in [-0.2, -0.15) is 0 Å². The van der Waals surface area contributed by atoms with Crippen LogP contribution in [0.25, 0.3) is 0 Å². The molecule has 6 fully saturated rings. The van der Waals surface area contributed by atoms with Gasteiger partial charge in [-0.1, -0.05) is 78.6 Å². The summed E-state index contributed by atoms with van der Waals surface area (Å²) in [5, 5.41) is 29.6. The lowest BCUT2D eigenvalue weighted by Crippen LogP contribution is -2.78. The van der Waals surface area contributed by atoms with Gasteiger partial charge in [0.15, 0.2) is 11.6 Å². The average Bonchev–Trinajstić information content (AvgIpc) is 3.29. The fraction of sp³-hybridized carbons (Fsp3) is 0.827. The average molecular weight is 956 g/mol. The summed E-state index contributed by atoms with van der Waals surface area (Å²) in [6.07, 6.45) is 6.45. The number of aldehydes is 1. The quantitative estimate of drug-likeness (QED) is 0.0752. The summed E-state index contributed by atoms with van der Waals surface area (Å²) in [5.74, 6) is -6.12. The molecule has 0 aromatic heterocycles. The number of aliphatic hydroxyl groups is 2. The summed E-state index contributed by atoms with van der Waals surface area (Å²) < 4.78 is 31.3. The number of hydrogen-bond donors (Lipinski definition) is 4. The number of carbonyl (C=O) groups is 7. The Bertz CT molecular complexity index is 1950. The van der Waals surface area contributed by atoms with Gasteiger partial charge in [0.1, 0.15) is 30.4 Å². The van der Waals surface area contributed by atoms with Crippen LogP contribution in [-0.2, 0) is 57.2 Å². The molecule has 7 rings (SSSR count). The molecule has 68 heavy (non-hydrogen) atoms. The van der Waals surface area contributed by atoms with E-state index in [1.807, 2.05) is 20.8 Å². The summed E-state index contributed by atoms with van der Waals surface area (Å²) in [4.78, 5) is 96.0. The maximum absolute atomic E-state index is 15.3. The molecule has 12 atom stereocenters. The second-order valence-electron chi connectivity index (χ2n) is 22.5. The number of fused-ring (bicyclic) bond motifs is 5. The summed E-state index contributed by atoms with van der Waals surface area (Å²) in [6.45, 7) is 9.80. The van der Waals surface area contributed by atoms with Gasteiger partial charge in [0.05, 0.1) is 30.8 Å². The minimum absolute atomic E-state index is 0.00786. The molecule has 0 aromatic carbocycles. The van der Waals surface area contributed by atoms with Gasteiger partial charge in [-0.3, -0.25) is 19.2 Å². The first-order valence-electron chi connectivity index (χ1n) is 25.8. The molecule has 16 heteroatoms. The molecule has 380 valence electrons. The van der Waals surface area contributed by atoms with E-state index in [4.69, 9.17) is 23.7 Å². The SMILES string of the molecule is CC(=O)OC1C[C@]2(C)C(O)CC3OC[C@@]3(OC(C)=O)C2[C@H](CC(=O)C2CCCCC2)C2(O)CC(OC(=O)C(OC(=O)C([NH3+])CC=O)C(NC(=O)C3CCCCC3)C3CCCCC3)C(C)=C1C2(C)C. The van der Waals surface area contributed by atoms with Gasteiger partial charge < -0.3 is 49.7 Å². The maximum atomic E-state index is 15.3. The van der Waals surface area contributed by atoms with Crippen LogP contribution in [-0.4, -0.2) is 112 Å². The van der Waals surface area contributed by atoms with Crippen molar-refractivity contribution < 1.29 is 73.2 Å². The van der Waals surface area contributed by atoms with Crippen molar-refractivity contribution in [1.82, 2.24) is 5.32 Å². The van der Waals surface area contributed by atoms with E-state index < -0.39 is 100 Å². The van der Waals surface area contributed by atoms with Gasteiger partial charge in [-0.15, -0.1) is 0 Å². The molecule has 2 bridgehead atoms. The molecule has 7 aliphatic rings. The van der Waals surface area contributed by atoms with Gasteiger partial charge >= 0.3 is 23.9 Å². The van der Waals surface area contributed by atoms with Gasteiger partial charge in [0.25, 0.3) is 0 Å². The van der Waals surface area contributed by atoms with Crippen molar-refractivity contribution in [1.29, 1.82) is 0 Å². The molecule has 5 saturated carbocycles. The fourth-order valence-corrected chi connectivity index (χ4v) is 14.3. The summed E-state index contributed by atoms with van der Waals surface area (Å²) >= 11 is 0. The molecule has 0 spiro atoms. The van der Waals surface area contributed by atoms with Crippen LogP contribution in [0.5, 0.6) is 0 Å². The third kappa shape index (κ3) is 9.95. The fourth-order valence-electron chi connectivity index (χ4n) is 14.3. The van der Waals surface area contributed by atoms with Gasteiger partial charge in [0.2, 0.25) is 12.0 Å². The topological polar surface area (TPSA) is 246 Å². The normalized spacial score (nSPS) is 35.5. The number of nitrogens with one attached hydrogen (secondary N) is 1. The number of quaternary nitrogens is 1. The molecule has 0 radical (unpaired) electrons. The Morgan fingerprint density at radius 2 is 1.43 bits per heavy atom. The Morgan fingerprint density at radius 3 is 1.99 bits per heavy atom. The van der Waals surface area contributed by atoms with Crippen molar-refractivity contribution in [3.8, 4) is 0 Å². The van der Waals surface area contributed by atoms with Crippen molar-refractivity contribution in [2.45, 2.75) is 224 Å².